The molecule has 1 aromatic heterocycles. The Morgan fingerprint density at radius 2 is 1.76 bits per heavy atom. The van der Waals surface area contributed by atoms with E-state index in [1.807, 2.05) is 12.1 Å². The lowest BCUT2D eigenvalue weighted by Crippen LogP contribution is -2.18. The van der Waals surface area contributed by atoms with Crippen molar-refractivity contribution in [2.75, 3.05) is 13.2 Å². The fourth-order valence-corrected chi connectivity index (χ4v) is 3.58. The lowest BCUT2D eigenvalue weighted by Gasteiger charge is -2.21. The second kappa shape index (κ2) is 7.04. The lowest BCUT2D eigenvalue weighted by atomic mass is 9.95. The van der Waals surface area contributed by atoms with Gasteiger partial charge in [-0.25, -0.2) is 4.79 Å². The first kappa shape index (κ1) is 16.4. The Kier molecular flexibility index (Phi) is 4.62. The van der Waals surface area contributed by atoms with Crippen LogP contribution in [-0.4, -0.2) is 18.3 Å². The monoisotopic (exact) mass is 340 g/mol. The van der Waals surface area contributed by atoms with E-state index in [1.165, 1.54) is 18.4 Å². The van der Waals surface area contributed by atoms with Crippen LogP contribution in [-0.2, 0) is 17.6 Å². The first-order valence-corrected chi connectivity index (χ1v) is 9.20. The van der Waals surface area contributed by atoms with Crippen LogP contribution >= 0.6 is 0 Å². The number of rotatable bonds is 5. The minimum atomic E-state index is -0.423. The Hall–Kier alpha value is -2.07. The van der Waals surface area contributed by atoms with Crippen molar-refractivity contribution in [1.29, 1.82) is 0 Å². The van der Waals surface area contributed by atoms with E-state index in [0.717, 1.165) is 37.5 Å². The summed E-state index contributed by atoms with van der Waals surface area (Å²) in [5, 5.41) is 10.3. The molecule has 0 bridgehead atoms. The van der Waals surface area contributed by atoms with Crippen molar-refractivity contribution in [3.8, 4) is 5.75 Å². The first-order chi connectivity index (χ1) is 12.2. The molecule has 132 valence electrons. The highest BCUT2D eigenvalue weighted by molar-refractivity contribution is 5.36. The van der Waals surface area contributed by atoms with E-state index in [2.05, 4.69) is 12.1 Å². The third kappa shape index (κ3) is 3.96. The molecule has 0 spiro atoms. The van der Waals surface area contributed by atoms with Gasteiger partial charge in [-0.3, -0.25) is 0 Å². The molecule has 2 aromatic rings. The van der Waals surface area contributed by atoms with Crippen molar-refractivity contribution in [1.82, 2.24) is 0 Å². The maximum absolute atomic E-state index is 12.3. The highest BCUT2D eigenvalue weighted by Crippen LogP contribution is 2.40. The van der Waals surface area contributed by atoms with E-state index < -0.39 is 5.63 Å². The van der Waals surface area contributed by atoms with Gasteiger partial charge >= 0.3 is 5.63 Å². The molecular formula is C21H24O4. The number of hydrogen-bond donors (Lipinski definition) is 1. The SMILES string of the molecule is O=c1oc(CC2CCOCC2)cc(O)c1Cc1ccc(C2CC2)cc1. The zero-order valence-corrected chi connectivity index (χ0v) is 14.4. The Morgan fingerprint density at radius 3 is 2.40 bits per heavy atom. The van der Waals surface area contributed by atoms with Gasteiger partial charge in [0.15, 0.2) is 0 Å². The summed E-state index contributed by atoms with van der Waals surface area (Å²) in [6.07, 6.45) is 5.58. The molecule has 0 radical (unpaired) electrons. The minimum absolute atomic E-state index is 0.0459. The first-order valence-electron chi connectivity index (χ1n) is 9.20. The molecule has 0 atom stereocenters. The predicted molar refractivity (Wildman–Crippen MR) is 95.1 cm³/mol. The van der Waals surface area contributed by atoms with Crippen LogP contribution in [0.15, 0.2) is 39.5 Å². The fourth-order valence-electron chi connectivity index (χ4n) is 3.58. The minimum Gasteiger partial charge on any atom is -0.507 e. The molecule has 1 aromatic carbocycles. The normalized spacial score (nSPS) is 18.4. The van der Waals surface area contributed by atoms with Crippen LogP contribution in [0.4, 0.5) is 0 Å². The maximum atomic E-state index is 12.3. The zero-order chi connectivity index (χ0) is 17.2. The standard InChI is InChI=1S/C21H24O4/c22-20-13-18(11-15-7-9-24-10-8-15)25-21(23)19(20)12-14-1-3-16(4-2-14)17-5-6-17/h1-4,13,15,17,22H,5-12H2. The number of benzene rings is 1. The van der Waals surface area contributed by atoms with Crippen LogP contribution in [0.3, 0.4) is 0 Å². The molecular weight excluding hydrogens is 316 g/mol. The molecule has 1 aliphatic carbocycles. The van der Waals surface area contributed by atoms with E-state index >= 15 is 0 Å². The van der Waals surface area contributed by atoms with E-state index in [9.17, 15) is 9.90 Å². The third-order valence-corrected chi connectivity index (χ3v) is 5.32. The zero-order valence-electron chi connectivity index (χ0n) is 14.4. The topological polar surface area (TPSA) is 59.7 Å². The van der Waals surface area contributed by atoms with Crippen molar-refractivity contribution in [2.45, 2.75) is 44.4 Å². The van der Waals surface area contributed by atoms with Crippen molar-refractivity contribution in [3.05, 3.63) is 63.2 Å². The third-order valence-electron chi connectivity index (χ3n) is 5.32. The molecule has 1 saturated carbocycles. The van der Waals surface area contributed by atoms with Crippen molar-refractivity contribution in [2.24, 2.45) is 5.92 Å². The molecule has 25 heavy (non-hydrogen) atoms. The summed E-state index contributed by atoms with van der Waals surface area (Å²) in [5.74, 6) is 1.79. The molecule has 0 amide bonds. The Bertz CT molecular complexity index is 781. The average Bonchev–Trinajstić information content (AvgIpc) is 3.45. The van der Waals surface area contributed by atoms with Gasteiger partial charge in [0.05, 0.1) is 5.56 Å². The average molecular weight is 340 g/mol. The predicted octanol–water partition coefficient (Wildman–Crippen LogP) is 3.78. The molecule has 1 saturated heterocycles. The van der Waals surface area contributed by atoms with Crippen LogP contribution in [0.1, 0.15) is 54.1 Å². The molecule has 1 N–H and O–H groups in total. The van der Waals surface area contributed by atoms with Gasteiger partial charge in [-0.2, -0.15) is 0 Å². The van der Waals surface area contributed by atoms with Gasteiger partial charge in [-0.1, -0.05) is 24.3 Å². The highest BCUT2D eigenvalue weighted by atomic mass is 16.5. The Morgan fingerprint density at radius 1 is 1.04 bits per heavy atom. The van der Waals surface area contributed by atoms with E-state index in [-0.39, 0.29) is 5.75 Å². The fraction of sp³-hybridized carbons (Fsp3) is 0.476. The summed E-state index contributed by atoms with van der Waals surface area (Å²) >= 11 is 0. The molecule has 2 heterocycles. The number of aromatic hydroxyl groups is 1. The summed E-state index contributed by atoms with van der Waals surface area (Å²) in [4.78, 5) is 12.3. The molecule has 2 fully saturated rings. The van der Waals surface area contributed by atoms with Crippen LogP contribution in [0.5, 0.6) is 5.75 Å². The molecule has 2 aliphatic rings. The molecule has 4 rings (SSSR count). The van der Waals surface area contributed by atoms with E-state index in [4.69, 9.17) is 9.15 Å². The second-order valence-electron chi connectivity index (χ2n) is 7.32. The quantitative estimate of drug-likeness (QED) is 0.900. The Labute approximate surface area is 147 Å². The summed E-state index contributed by atoms with van der Waals surface area (Å²) < 4.78 is 10.8. The van der Waals surface area contributed by atoms with Crippen molar-refractivity contribution < 1.29 is 14.3 Å². The number of hydrogen-bond acceptors (Lipinski definition) is 4. The summed E-state index contributed by atoms with van der Waals surface area (Å²) in [6, 6.07) is 9.96. The van der Waals surface area contributed by atoms with E-state index in [1.54, 1.807) is 6.07 Å². The largest absolute Gasteiger partial charge is 0.507 e. The summed E-state index contributed by atoms with van der Waals surface area (Å²) in [5.41, 5.74) is 2.30. The van der Waals surface area contributed by atoms with Gasteiger partial charge in [0, 0.05) is 32.1 Å². The van der Waals surface area contributed by atoms with E-state index in [0.29, 0.717) is 30.1 Å². The molecule has 4 heteroatoms. The van der Waals surface area contributed by atoms with Gasteiger partial charge < -0.3 is 14.3 Å². The van der Waals surface area contributed by atoms with Crippen molar-refractivity contribution in [3.63, 3.8) is 0 Å². The lowest BCUT2D eigenvalue weighted by molar-refractivity contribution is 0.0648. The maximum Gasteiger partial charge on any atom is 0.343 e. The van der Waals surface area contributed by atoms with Gasteiger partial charge in [0.25, 0.3) is 0 Å². The van der Waals surface area contributed by atoms with Crippen LogP contribution in [0.25, 0.3) is 0 Å². The summed E-state index contributed by atoms with van der Waals surface area (Å²) in [7, 11) is 0. The number of ether oxygens (including phenoxy) is 1. The highest BCUT2D eigenvalue weighted by Gasteiger charge is 2.23. The van der Waals surface area contributed by atoms with Gasteiger partial charge in [0.1, 0.15) is 11.5 Å². The van der Waals surface area contributed by atoms with Gasteiger partial charge in [-0.05, 0) is 48.6 Å². The molecule has 1 aliphatic heterocycles. The molecule has 0 unspecified atom stereocenters. The second-order valence-corrected chi connectivity index (χ2v) is 7.32. The van der Waals surface area contributed by atoms with Crippen molar-refractivity contribution >= 4 is 0 Å². The van der Waals surface area contributed by atoms with Crippen LogP contribution < -0.4 is 5.63 Å². The van der Waals surface area contributed by atoms with Gasteiger partial charge in [0.2, 0.25) is 0 Å². The van der Waals surface area contributed by atoms with Crippen LogP contribution in [0.2, 0.25) is 0 Å². The summed E-state index contributed by atoms with van der Waals surface area (Å²) in [6.45, 7) is 1.52. The smallest absolute Gasteiger partial charge is 0.343 e. The van der Waals surface area contributed by atoms with Gasteiger partial charge in [-0.15, -0.1) is 0 Å². The Balaban J connectivity index is 1.48. The molecule has 4 nitrogen and oxygen atoms in total. The van der Waals surface area contributed by atoms with Crippen LogP contribution in [0, 0.1) is 5.92 Å².